The fourth-order valence-electron chi connectivity index (χ4n) is 2.13. The minimum atomic E-state index is 0.0533. The summed E-state index contributed by atoms with van der Waals surface area (Å²) in [5.41, 5.74) is 10.2. The first-order chi connectivity index (χ1) is 9.74. The average Bonchev–Trinajstić information content (AvgIpc) is 2.87. The second-order valence-electron chi connectivity index (χ2n) is 4.69. The fourth-order valence-corrected chi connectivity index (χ4v) is 2.13. The van der Waals surface area contributed by atoms with Gasteiger partial charge in [0.05, 0.1) is 17.6 Å². The number of aliphatic hydroxyl groups excluding tert-OH is 1. The molecule has 5 heteroatoms. The van der Waals surface area contributed by atoms with Crippen molar-refractivity contribution in [3.63, 3.8) is 0 Å². The summed E-state index contributed by atoms with van der Waals surface area (Å²) in [6, 6.07) is 13.4. The van der Waals surface area contributed by atoms with E-state index in [-0.39, 0.29) is 6.61 Å². The van der Waals surface area contributed by atoms with Gasteiger partial charge >= 0.3 is 0 Å². The van der Waals surface area contributed by atoms with Crippen LogP contribution >= 0.6 is 0 Å². The van der Waals surface area contributed by atoms with Gasteiger partial charge in [-0.1, -0.05) is 24.3 Å². The van der Waals surface area contributed by atoms with E-state index in [0.717, 1.165) is 22.2 Å². The zero-order chi connectivity index (χ0) is 13.9. The van der Waals surface area contributed by atoms with Gasteiger partial charge in [0.2, 0.25) is 5.95 Å². The Balaban J connectivity index is 1.76. The van der Waals surface area contributed by atoms with Gasteiger partial charge in [-0.3, -0.25) is 0 Å². The van der Waals surface area contributed by atoms with Crippen molar-refractivity contribution in [2.24, 2.45) is 0 Å². The summed E-state index contributed by atoms with van der Waals surface area (Å²) in [7, 11) is 0. The van der Waals surface area contributed by atoms with Crippen LogP contribution in [0.3, 0.4) is 0 Å². The van der Waals surface area contributed by atoms with E-state index in [1.165, 1.54) is 0 Å². The zero-order valence-electron chi connectivity index (χ0n) is 10.9. The van der Waals surface area contributed by atoms with Crippen LogP contribution < -0.4 is 11.1 Å². The molecule has 0 saturated carbocycles. The van der Waals surface area contributed by atoms with Gasteiger partial charge in [0, 0.05) is 12.2 Å². The second kappa shape index (κ2) is 5.22. The number of nitrogens with two attached hydrogens (primary N) is 1. The third-order valence-electron chi connectivity index (χ3n) is 3.14. The average molecular weight is 268 g/mol. The minimum absolute atomic E-state index is 0.0533. The van der Waals surface area contributed by atoms with E-state index in [1.54, 1.807) is 0 Å². The molecule has 0 unspecified atom stereocenters. The summed E-state index contributed by atoms with van der Waals surface area (Å²) in [4.78, 5) is 7.62. The van der Waals surface area contributed by atoms with Crippen LogP contribution in [0.2, 0.25) is 0 Å². The molecule has 0 fully saturated rings. The van der Waals surface area contributed by atoms with Crippen molar-refractivity contribution in [2.45, 2.75) is 13.2 Å². The van der Waals surface area contributed by atoms with Gasteiger partial charge in [-0.05, 0) is 29.3 Å². The highest BCUT2D eigenvalue weighted by atomic mass is 16.3. The Morgan fingerprint density at radius 2 is 2.00 bits per heavy atom. The first-order valence-electron chi connectivity index (χ1n) is 6.42. The van der Waals surface area contributed by atoms with Crippen LogP contribution in [0.1, 0.15) is 11.1 Å². The van der Waals surface area contributed by atoms with E-state index in [1.807, 2.05) is 42.5 Å². The Hall–Kier alpha value is -2.53. The largest absolute Gasteiger partial charge is 0.399 e. The summed E-state index contributed by atoms with van der Waals surface area (Å²) < 4.78 is 0. The number of anilines is 2. The van der Waals surface area contributed by atoms with Gasteiger partial charge in [-0.25, -0.2) is 4.98 Å². The molecular formula is C15H16N4O. The molecule has 0 amide bonds. The molecule has 0 aliphatic rings. The maximum absolute atomic E-state index is 9.12. The van der Waals surface area contributed by atoms with Gasteiger partial charge in [0.15, 0.2) is 0 Å². The van der Waals surface area contributed by atoms with Crippen LogP contribution in [0.5, 0.6) is 0 Å². The number of hydrogen-bond donors (Lipinski definition) is 4. The van der Waals surface area contributed by atoms with Gasteiger partial charge in [-0.15, -0.1) is 0 Å². The van der Waals surface area contributed by atoms with Gasteiger partial charge in [-0.2, -0.15) is 0 Å². The fraction of sp³-hybridized carbons (Fsp3) is 0.133. The van der Waals surface area contributed by atoms with Crippen LogP contribution in [0.15, 0.2) is 42.5 Å². The molecule has 0 aliphatic heterocycles. The number of fused-ring (bicyclic) bond motifs is 1. The van der Waals surface area contributed by atoms with E-state index in [2.05, 4.69) is 15.3 Å². The van der Waals surface area contributed by atoms with Gasteiger partial charge < -0.3 is 21.1 Å². The predicted molar refractivity (Wildman–Crippen MR) is 80.2 cm³/mol. The molecule has 5 N–H and O–H groups in total. The van der Waals surface area contributed by atoms with E-state index in [9.17, 15) is 0 Å². The molecular weight excluding hydrogens is 252 g/mol. The van der Waals surface area contributed by atoms with Crippen molar-refractivity contribution in [1.82, 2.24) is 9.97 Å². The van der Waals surface area contributed by atoms with Gasteiger partial charge in [0.25, 0.3) is 0 Å². The lowest BCUT2D eigenvalue weighted by Gasteiger charge is -2.04. The monoisotopic (exact) mass is 268 g/mol. The Morgan fingerprint density at radius 3 is 2.85 bits per heavy atom. The number of aliphatic hydroxyl groups is 1. The number of aromatic amines is 1. The number of rotatable bonds is 4. The molecule has 1 aromatic heterocycles. The lowest BCUT2D eigenvalue weighted by molar-refractivity contribution is 0.281. The smallest absolute Gasteiger partial charge is 0.201 e. The van der Waals surface area contributed by atoms with E-state index < -0.39 is 0 Å². The highest BCUT2D eigenvalue weighted by Gasteiger charge is 2.03. The summed E-state index contributed by atoms with van der Waals surface area (Å²) in [5.74, 6) is 0.708. The molecule has 5 nitrogen and oxygen atoms in total. The highest BCUT2D eigenvalue weighted by molar-refractivity contribution is 5.80. The molecule has 102 valence electrons. The van der Waals surface area contributed by atoms with Crippen LogP contribution in [0.4, 0.5) is 11.6 Å². The molecule has 0 saturated heterocycles. The van der Waals surface area contributed by atoms with E-state index in [4.69, 9.17) is 10.8 Å². The van der Waals surface area contributed by atoms with Crippen molar-refractivity contribution < 1.29 is 5.11 Å². The summed E-state index contributed by atoms with van der Waals surface area (Å²) in [5, 5.41) is 12.3. The molecule has 3 aromatic rings. The molecule has 0 bridgehead atoms. The lowest BCUT2D eigenvalue weighted by Crippen LogP contribution is -2.01. The number of hydrogen-bond acceptors (Lipinski definition) is 4. The maximum Gasteiger partial charge on any atom is 0.201 e. The minimum Gasteiger partial charge on any atom is -0.399 e. The predicted octanol–water partition coefficient (Wildman–Crippen LogP) is 2.25. The molecule has 0 aliphatic carbocycles. The lowest BCUT2D eigenvalue weighted by atomic mass is 10.1. The molecule has 0 radical (unpaired) electrons. The van der Waals surface area contributed by atoms with E-state index >= 15 is 0 Å². The van der Waals surface area contributed by atoms with Crippen LogP contribution in [0.25, 0.3) is 11.0 Å². The first-order valence-corrected chi connectivity index (χ1v) is 6.42. The van der Waals surface area contributed by atoms with Crippen LogP contribution in [-0.2, 0) is 13.2 Å². The zero-order valence-corrected chi connectivity index (χ0v) is 10.9. The number of nitrogens with one attached hydrogen (secondary N) is 2. The van der Waals surface area contributed by atoms with Crippen molar-refractivity contribution in [3.05, 3.63) is 53.6 Å². The number of nitrogen functional groups attached to an aromatic ring is 1. The molecule has 2 aromatic carbocycles. The van der Waals surface area contributed by atoms with Crippen molar-refractivity contribution in [1.29, 1.82) is 0 Å². The Labute approximate surface area is 116 Å². The third kappa shape index (κ3) is 2.57. The molecule has 0 atom stereocenters. The summed E-state index contributed by atoms with van der Waals surface area (Å²) >= 11 is 0. The summed E-state index contributed by atoms with van der Waals surface area (Å²) in [6.45, 7) is 0.695. The Morgan fingerprint density at radius 1 is 1.15 bits per heavy atom. The second-order valence-corrected chi connectivity index (χ2v) is 4.69. The van der Waals surface area contributed by atoms with Crippen LogP contribution in [-0.4, -0.2) is 15.1 Å². The van der Waals surface area contributed by atoms with Crippen molar-refractivity contribution >= 4 is 22.7 Å². The van der Waals surface area contributed by atoms with Crippen LogP contribution in [0, 0.1) is 0 Å². The number of aromatic nitrogens is 2. The first kappa shape index (κ1) is 12.5. The maximum atomic E-state index is 9.12. The Bertz CT molecular complexity index is 736. The molecule has 1 heterocycles. The number of imidazole rings is 1. The van der Waals surface area contributed by atoms with Crippen molar-refractivity contribution in [3.8, 4) is 0 Å². The highest BCUT2D eigenvalue weighted by Crippen LogP contribution is 2.17. The number of H-pyrrole nitrogens is 1. The number of nitrogens with zero attached hydrogens (tertiary/aromatic N) is 1. The molecule has 0 spiro atoms. The quantitative estimate of drug-likeness (QED) is 0.547. The standard InChI is InChI=1S/C15H16N4O/c16-12-4-5-13-14(7-12)19-15(18-13)17-8-10-2-1-3-11(6-10)9-20/h1-7,20H,8-9,16H2,(H2,17,18,19). The normalized spacial score (nSPS) is 10.8. The SMILES string of the molecule is Nc1ccc2nc(NCc3cccc(CO)c3)[nH]c2c1. The topological polar surface area (TPSA) is 87.0 Å². The molecule has 3 rings (SSSR count). The van der Waals surface area contributed by atoms with Gasteiger partial charge in [0.1, 0.15) is 0 Å². The summed E-state index contributed by atoms with van der Waals surface area (Å²) in [6.07, 6.45) is 0. The number of benzene rings is 2. The Kier molecular flexibility index (Phi) is 3.26. The molecule has 20 heavy (non-hydrogen) atoms. The van der Waals surface area contributed by atoms with Crippen molar-refractivity contribution in [2.75, 3.05) is 11.1 Å². The third-order valence-corrected chi connectivity index (χ3v) is 3.14. The van der Waals surface area contributed by atoms with E-state index in [0.29, 0.717) is 18.2 Å².